The molecule has 0 fully saturated rings. The minimum absolute atomic E-state index is 0.216. The van der Waals surface area contributed by atoms with Crippen molar-refractivity contribution in [2.24, 2.45) is 7.05 Å². The van der Waals surface area contributed by atoms with Crippen LogP contribution in [0.3, 0.4) is 0 Å². The van der Waals surface area contributed by atoms with Crippen LogP contribution in [0.1, 0.15) is 23.8 Å². The summed E-state index contributed by atoms with van der Waals surface area (Å²) in [5.74, 6) is 0.960. The SMILES string of the molecule is Cc1c(-n2nnnc2SC(C)c2nc(-c3ccccc3)no2)c(=O)n(-c2ccccc2)n1C. The summed E-state index contributed by atoms with van der Waals surface area (Å²) in [6.07, 6.45) is 0. The highest BCUT2D eigenvalue weighted by Gasteiger charge is 2.25. The topological polar surface area (TPSA) is 109 Å². The summed E-state index contributed by atoms with van der Waals surface area (Å²) in [5.41, 5.74) is 2.53. The Bertz CT molecular complexity index is 1450. The quantitative estimate of drug-likeness (QED) is 0.355. The monoisotopic (exact) mass is 460 g/mol. The number of thioether (sulfide) groups is 1. The molecule has 0 amide bonds. The number of hydrogen-bond donors (Lipinski definition) is 0. The van der Waals surface area contributed by atoms with Gasteiger partial charge in [-0.2, -0.15) is 9.67 Å². The first-order valence-corrected chi connectivity index (χ1v) is 11.1. The van der Waals surface area contributed by atoms with Crippen molar-refractivity contribution >= 4 is 11.8 Å². The summed E-state index contributed by atoms with van der Waals surface area (Å²) in [5, 5.41) is 16.3. The molecule has 0 N–H and O–H groups in total. The van der Waals surface area contributed by atoms with Crippen LogP contribution in [0.5, 0.6) is 0 Å². The van der Waals surface area contributed by atoms with E-state index in [0.717, 1.165) is 16.9 Å². The first-order chi connectivity index (χ1) is 16.0. The molecule has 0 aliphatic rings. The zero-order chi connectivity index (χ0) is 22.9. The van der Waals surface area contributed by atoms with Gasteiger partial charge in [0.15, 0.2) is 5.69 Å². The van der Waals surface area contributed by atoms with Crippen molar-refractivity contribution in [3.8, 4) is 22.8 Å². The molecule has 33 heavy (non-hydrogen) atoms. The van der Waals surface area contributed by atoms with Gasteiger partial charge in [-0.15, -0.1) is 5.10 Å². The molecule has 5 rings (SSSR count). The maximum absolute atomic E-state index is 13.4. The Morgan fingerprint density at radius 1 is 1.03 bits per heavy atom. The Labute approximate surface area is 192 Å². The second-order valence-electron chi connectivity index (χ2n) is 7.37. The molecule has 5 aromatic rings. The highest BCUT2D eigenvalue weighted by Crippen LogP contribution is 2.34. The summed E-state index contributed by atoms with van der Waals surface area (Å²) in [6.45, 7) is 3.78. The zero-order valence-corrected chi connectivity index (χ0v) is 19.0. The average molecular weight is 461 g/mol. The van der Waals surface area contributed by atoms with E-state index >= 15 is 0 Å². The van der Waals surface area contributed by atoms with E-state index in [2.05, 4.69) is 25.7 Å². The fourth-order valence-corrected chi connectivity index (χ4v) is 4.33. The van der Waals surface area contributed by atoms with E-state index in [0.29, 0.717) is 22.6 Å². The van der Waals surface area contributed by atoms with Gasteiger partial charge in [0, 0.05) is 12.6 Å². The molecule has 1 atom stereocenters. The van der Waals surface area contributed by atoms with Gasteiger partial charge in [-0.3, -0.25) is 9.48 Å². The molecule has 0 saturated carbocycles. The van der Waals surface area contributed by atoms with E-state index in [-0.39, 0.29) is 10.8 Å². The Balaban J connectivity index is 1.47. The number of hydrogen-bond acceptors (Lipinski definition) is 8. The van der Waals surface area contributed by atoms with E-state index in [1.165, 1.54) is 16.4 Å². The summed E-state index contributed by atoms with van der Waals surface area (Å²) >= 11 is 1.33. The maximum atomic E-state index is 13.4. The van der Waals surface area contributed by atoms with Crippen LogP contribution in [0.4, 0.5) is 0 Å². The van der Waals surface area contributed by atoms with E-state index in [4.69, 9.17) is 4.52 Å². The fraction of sp³-hybridized carbons (Fsp3) is 0.182. The van der Waals surface area contributed by atoms with Crippen LogP contribution in [0, 0.1) is 6.92 Å². The van der Waals surface area contributed by atoms with Crippen LogP contribution < -0.4 is 5.56 Å². The summed E-state index contributed by atoms with van der Waals surface area (Å²) in [4.78, 5) is 17.9. The van der Waals surface area contributed by atoms with Gasteiger partial charge < -0.3 is 4.52 Å². The normalized spacial score (nSPS) is 12.2. The minimum Gasteiger partial charge on any atom is -0.338 e. The van der Waals surface area contributed by atoms with Crippen molar-refractivity contribution < 1.29 is 4.52 Å². The number of para-hydroxylation sites is 1. The number of tetrazole rings is 1. The molecule has 2 aromatic carbocycles. The van der Waals surface area contributed by atoms with E-state index in [1.807, 2.05) is 81.6 Å². The third-order valence-electron chi connectivity index (χ3n) is 5.28. The van der Waals surface area contributed by atoms with Crippen molar-refractivity contribution in [2.75, 3.05) is 0 Å². The Morgan fingerprint density at radius 2 is 1.73 bits per heavy atom. The smallest absolute Gasteiger partial charge is 0.297 e. The number of nitrogens with zero attached hydrogens (tertiary/aromatic N) is 8. The Hall–Kier alpha value is -3.99. The predicted octanol–water partition coefficient (Wildman–Crippen LogP) is 3.36. The third-order valence-corrected chi connectivity index (χ3v) is 6.30. The van der Waals surface area contributed by atoms with Crippen molar-refractivity contribution in [3.05, 3.63) is 82.6 Å². The predicted molar refractivity (Wildman–Crippen MR) is 122 cm³/mol. The van der Waals surface area contributed by atoms with Crippen LogP contribution in [-0.4, -0.2) is 39.7 Å². The lowest BCUT2D eigenvalue weighted by Gasteiger charge is -2.07. The fourth-order valence-electron chi connectivity index (χ4n) is 3.50. The van der Waals surface area contributed by atoms with Crippen molar-refractivity contribution in [2.45, 2.75) is 24.3 Å². The molecule has 0 aliphatic carbocycles. The Morgan fingerprint density at radius 3 is 2.45 bits per heavy atom. The molecular weight excluding hydrogens is 440 g/mol. The zero-order valence-electron chi connectivity index (χ0n) is 18.2. The first-order valence-electron chi connectivity index (χ1n) is 10.2. The second kappa shape index (κ2) is 8.51. The molecule has 166 valence electrons. The van der Waals surface area contributed by atoms with Gasteiger partial charge >= 0.3 is 0 Å². The summed E-state index contributed by atoms with van der Waals surface area (Å²) in [7, 11) is 1.83. The molecule has 0 aliphatic heterocycles. The van der Waals surface area contributed by atoms with Gasteiger partial charge in [0.2, 0.25) is 16.9 Å². The van der Waals surface area contributed by atoms with Gasteiger partial charge in [0.25, 0.3) is 5.56 Å². The lowest BCUT2D eigenvalue weighted by atomic mass is 10.2. The third kappa shape index (κ3) is 3.76. The lowest BCUT2D eigenvalue weighted by Crippen LogP contribution is -2.22. The van der Waals surface area contributed by atoms with Gasteiger partial charge in [0.05, 0.1) is 16.6 Å². The van der Waals surface area contributed by atoms with Gasteiger partial charge in [-0.05, 0) is 36.4 Å². The van der Waals surface area contributed by atoms with E-state index < -0.39 is 0 Å². The highest BCUT2D eigenvalue weighted by molar-refractivity contribution is 7.99. The van der Waals surface area contributed by atoms with Crippen LogP contribution in [0.15, 0.2) is 75.1 Å². The molecule has 0 spiro atoms. The Kier molecular flexibility index (Phi) is 5.38. The van der Waals surface area contributed by atoms with Gasteiger partial charge in [-0.25, -0.2) is 4.68 Å². The van der Waals surface area contributed by atoms with Crippen molar-refractivity contribution in [1.82, 2.24) is 39.7 Å². The number of benzene rings is 2. The summed E-state index contributed by atoms with van der Waals surface area (Å²) in [6, 6.07) is 19.0. The van der Waals surface area contributed by atoms with Crippen molar-refractivity contribution in [1.29, 1.82) is 0 Å². The highest BCUT2D eigenvalue weighted by atomic mass is 32.2. The molecule has 3 heterocycles. The second-order valence-corrected chi connectivity index (χ2v) is 8.67. The molecular formula is C22H20N8O2S. The van der Waals surface area contributed by atoms with Crippen LogP contribution in [0.25, 0.3) is 22.8 Å². The van der Waals surface area contributed by atoms with Crippen LogP contribution >= 0.6 is 11.8 Å². The molecule has 1 unspecified atom stereocenters. The van der Waals surface area contributed by atoms with Gasteiger partial charge in [0.1, 0.15) is 0 Å². The molecule has 0 bridgehead atoms. The molecule has 11 heteroatoms. The number of rotatable bonds is 6. The average Bonchev–Trinajstić information content (AvgIpc) is 3.55. The maximum Gasteiger partial charge on any atom is 0.297 e. The van der Waals surface area contributed by atoms with Crippen LogP contribution in [0.2, 0.25) is 0 Å². The van der Waals surface area contributed by atoms with E-state index in [9.17, 15) is 4.79 Å². The molecule has 0 saturated heterocycles. The molecule has 10 nitrogen and oxygen atoms in total. The largest absolute Gasteiger partial charge is 0.338 e. The number of aromatic nitrogens is 8. The molecule has 0 radical (unpaired) electrons. The van der Waals surface area contributed by atoms with Crippen LogP contribution in [-0.2, 0) is 7.05 Å². The summed E-state index contributed by atoms with van der Waals surface area (Å²) < 4.78 is 10.3. The van der Waals surface area contributed by atoms with Gasteiger partial charge in [-0.1, -0.05) is 65.4 Å². The standard InChI is InChI=1S/C22H20N8O2S/c1-14-18(21(31)30(28(14)3)17-12-8-5-9-13-17)29-22(24-26-27-29)33-15(2)20-23-19(25-32-20)16-10-6-4-7-11-16/h4-13,15H,1-3H3. The lowest BCUT2D eigenvalue weighted by molar-refractivity contribution is 0.380. The first kappa shape index (κ1) is 20.9. The minimum atomic E-state index is -0.236. The van der Waals surface area contributed by atoms with E-state index in [1.54, 1.807) is 9.36 Å². The molecule has 3 aromatic heterocycles. The van der Waals surface area contributed by atoms with Crippen molar-refractivity contribution in [3.63, 3.8) is 0 Å².